The summed E-state index contributed by atoms with van der Waals surface area (Å²) in [5, 5.41) is 14.2. The molecule has 1 N–H and O–H groups in total. The predicted octanol–water partition coefficient (Wildman–Crippen LogP) is 3.50. The molecule has 0 fully saturated rings. The van der Waals surface area contributed by atoms with E-state index in [1.807, 2.05) is 0 Å². The van der Waals surface area contributed by atoms with Crippen LogP contribution in [0.4, 0.5) is 11.4 Å². The number of nitro groups is 1. The molecule has 3 rings (SSSR count). The molecule has 1 amide bonds. The lowest BCUT2D eigenvalue weighted by Gasteiger charge is -2.13. The van der Waals surface area contributed by atoms with E-state index < -0.39 is 11.0 Å². The second-order valence-corrected chi connectivity index (χ2v) is 5.70. The second kappa shape index (κ2) is 5.89. The third-order valence-electron chi connectivity index (χ3n) is 3.75. The van der Waals surface area contributed by atoms with Gasteiger partial charge in [-0.2, -0.15) is 0 Å². The van der Waals surface area contributed by atoms with Crippen LogP contribution in [0.3, 0.4) is 0 Å². The lowest BCUT2D eigenvalue weighted by Crippen LogP contribution is -2.31. The number of halogens is 1. The van der Waals surface area contributed by atoms with Crippen LogP contribution in [0.25, 0.3) is 0 Å². The van der Waals surface area contributed by atoms with E-state index in [4.69, 9.17) is 16.3 Å². The fraction of sp³-hybridized carbons (Fsp3) is 0.188. The molecule has 0 radical (unpaired) electrons. The molecule has 1 atom stereocenters. The maximum atomic E-state index is 12.4. The summed E-state index contributed by atoms with van der Waals surface area (Å²) in [6.07, 6.45) is -0.266. The molecule has 0 bridgehead atoms. The summed E-state index contributed by atoms with van der Waals surface area (Å²) >= 11 is 5.93. The summed E-state index contributed by atoms with van der Waals surface area (Å²) in [4.78, 5) is 22.8. The van der Waals surface area contributed by atoms with E-state index in [-0.39, 0.29) is 11.6 Å². The van der Waals surface area contributed by atoms with Crippen molar-refractivity contribution in [2.75, 3.05) is 5.32 Å². The summed E-state index contributed by atoms with van der Waals surface area (Å²) in [7, 11) is 0. The van der Waals surface area contributed by atoms with Gasteiger partial charge in [-0.1, -0.05) is 17.7 Å². The number of ether oxygens (including phenoxy) is 1. The number of nitrogens with one attached hydrogen (secondary N) is 1. The van der Waals surface area contributed by atoms with E-state index in [9.17, 15) is 14.9 Å². The molecule has 0 saturated carbocycles. The molecule has 1 aliphatic rings. The van der Waals surface area contributed by atoms with Gasteiger partial charge in [-0.05, 0) is 36.8 Å². The SMILES string of the molecule is Cc1c(NC(=O)C2Cc3cc(Cl)ccc3O2)cccc1[N+](=O)[O-]. The van der Waals surface area contributed by atoms with E-state index in [0.29, 0.717) is 28.4 Å². The van der Waals surface area contributed by atoms with Crippen LogP contribution in [-0.4, -0.2) is 16.9 Å². The molecule has 1 heterocycles. The second-order valence-electron chi connectivity index (χ2n) is 5.26. The molecule has 1 unspecified atom stereocenters. The number of nitro benzene ring substituents is 1. The van der Waals surface area contributed by atoms with Crippen LogP contribution in [0, 0.1) is 17.0 Å². The molecule has 0 spiro atoms. The summed E-state index contributed by atoms with van der Waals surface area (Å²) in [5.74, 6) is 0.284. The molecule has 0 saturated heterocycles. The van der Waals surface area contributed by atoms with E-state index in [1.54, 1.807) is 31.2 Å². The monoisotopic (exact) mass is 332 g/mol. The first-order chi connectivity index (χ1) is 11.0. The molecule has 0 aliphatic carbocycles. The average Bonchev–Trinajstić information content (AvgIpc) is 2.92. The van der Waals surface area contributed by atoms with Crippen LogP contribution < -0.4 is 10.1 Å². The highest BCUT2D eigenvalue weighted by atomic mass is 35.5. The molecule has 6 nitrogen and oxygen atoms in total. The third kappa shape index (κ3) is 2.98. The molecule has 1 aliphatic heterocycles. The summed E-state index contributed by atoms with van der Waals surface area (Å²) < 4.78 is 5.61. The number of fused-ring (bicyclic) bond motifs is 1. The Kier molecular flexibility index (Phi) is 3.92. The lowest BCUT2D eigenvalue weighted by molar-refractivity contribution is -0.385. The first-order valence-corrected chi connectivity index (χ1v) is 7.33. The fourth-order valence-corrected chi connectivity index (χ4v) is 2.73. The number of hydrogen-bond acceptors (Lipinski definition) is 4. The Bertz CT molecular complexity index is 807. The molecule has 2 aromatic carbocycles. The van der Waals surface area contributed by atoms with Crippen molar-refractivity contribution >= 4 is 28.9 Å². The number of benzene rings is 2. The highest BCUT2D eigenvalue weighted by Gasteiger charge is 2.30. The van der Waals surface area contributed by atoms with E-state index >= 15 is 0 Å². The molecular weight excluding hydrogens is 320 g/mol. The van der Waals surface area contributed by atoms with Gasteiger partial charge in [0.1, 0.15) is 5.75 Å². The zero-order valence-electron chi connectivity index (χ0n) is 12.2. The number of rotatable bonds is 3. The first kappa shape index (κ1) is 15.3. The van der Waals surface area contributed by atoms with Gasteiger partial charge in [0.25, 0.3) is 11.6 Å². The van der Waals surface area contributed by atoms with Crippen molar-refractivity contribution in [2.24, 2.45) is 0 Å². The maximum Gasteiger partial charge on any atom is 0.274 e. The molecule has 23 heavy (non-hydrogen) atoms. The number of carbonyl (C=O) groups excluding carboxylic acids is 1. The summed E-state index contributed by atoms with van der Waals surface area (Å²) in [6.45, 7) is 1.60. The van der Waals surface area contributed by atoms with Gasteiger partial charge in [0.05, 0.1) is 16.2 Å². The quantitative estimate of drug-likeness (QED) is 0.689. The van der Waals surface area contributed by atoms with Crippen LogP contribution in [0.1, 0.15) is 11.1 Å². The van der Waals surface area contributed by atoms with Crippen LogP contribution >= 0.6 is 11.6 Å². The average molecular weight is 333 g/mol. The Morgan fingerprint density at radius 3 is 2.91 bits per heavy atom. The van der Waals surface area contributed by atoms with Gasteiger partial charge >= 0.3 is 0 Å². The predicted molar refractivity (Wildman–Crippen MR) is 86.0 cm³/mol. The lowest BCUT2D eigenvalue weighted by atomic mass is 10.1. The van der Waals surface area contributed by atoms with Crippen molar-refractivity contribution in [1.82, 2.24) is 0 Å². The van der Waals surface area contributed by atoms with Crippen molar-refractivity contribution in [3.8, 4) is 5.75 Å². The summed E-state index contributed by atoms with van der Waals surface area (Å²) in [5.41, 5.74) is 1.64. The zero-order chi connectivity index (χ0) is 16.6. The van der Waals surface area contributed by atoms with Gasteiger partial charge in [0, 0.05) is 17.5 Å². The van der Waals surface area contributed by atoms with E-state index in [0.717, 1.165) is 5.56 Å². The van der Waals surface area contributed by atoms with Crippen molar-refractivity contribution in [1.29, 1.82) is 0 Å². The largest absolute Gasteiger partial charge is 0.480 e. The minimum absolute atomic E-state index is 0.0368. The molecule has 2 aromatic rings. The van der Waals surface area contributed by atoms with Gasteiger partial charge in [0.15, 0.2) is 6.10 Å². The van der Waals surface area contributed by atoms with Gasteiger partial charge < -0.3 is 10.1 Å². The van der Waals surface area contributed by atoms with Crippen LogP contribution in [-0.2, 0) is 11.2 Å². The van der Waals surface area contributed by atoms with Crippen molar-refractivity contribution in [3.05, 3.63) is 62.7 Å². The Balaban J connectivity index is 1.77. The van der Waals surface area contributed by atoms with Crippen molar-refractivity contribution in [3.63, 3.8) is 0 Å². The Morgan fingerprint density at radius 1 is 1.39 bits per heavy atom. The summed E-state index contributed by atoms with van der Waals surface area (Å²) in [6, 6.07) is 9.75. The molecular formula is C16H13ClN2O4. The van der Waals surface area contributed by atoms with Crippen LogP contribution in [0.2, 0.25) is 5.02 Å². The van der Waals surface area contributed by atoms with Crippen LogP contribution in [0.15, 0.2) is 36.4 Å². The molecule has 7 heteroatoms. The number of carbonyl (C=O) groups is 1. The number of anilines is 1. The van der Waals surface area contributed by atoms with E-state index in [2.05, 4.69) is 5.32 Å². The smallest absolute Gasteiger partial charge is 0.274 e. The van der Waals surface area contributed by atoms with Crippen LogP contribution in [0.5, 0.6) is 5.75 Å². The number of nitrogens with zero attached hydrogens (tertiary/aromatic N) is 1. The first-order valence-electron chi connectivity index (χ1n) is 6.95. The highest BCUT2D eigenvalue weighted by Crippen LogP contribution is 2.32. The van der Waals surface area contributed by atoms with E-state index in [1.165, 1.54) is 12.1 Å². The standard InChI is InChI=1S/C16H13ClN2O4/c1-9-12(3-2-4-13(9)19(21)22)18-16(20)15-8-10-7-11(17)5-6-14(10)23-15/h2-7,15H,8H2,1H3,(H,18,20). The Hall–Kier alpha value is -2.60. The van der Waals surface area contributed by atoms with Crippen molar-refractivity contribution in [2.45, 2.75) is 19.4 Å². The molecule has 118 valence electrons. The van der Waals surface area contributed by atoms with Crippen molar-refractivity contribution < 1.29 is 14.5 Å². The zero-order valence-corrected chi connectivity index (χ0v) is 13.0. The van der Waals surface area contributed by atoms with Gasteiger partial charge in [-0.15, -0.1) is 0 Å². The highest BCUT2D eigenvalue weighted by molar-refractivity contribution is 6.30. The Labute approximate surface area is 137 Å². The molecule has 0 aromatic heterocycles. The maximum absolute atomic E-state index is 12.4. The van der Waals surface area contributed by atoms with Gasteiger partial charge in [-0.3, -0.25) is 14.9 Å². The number of hydrogen-bond donors (Lipinski definition) is 1. The fourth-order valence-electron chi connectivity index (χ4n) is 2.53. The Morgan fingerprint density at radius 2 is 2.17 bits per heavy atom. The topological polar surface area (TPSA) is 81.5 Å². The van der Waals surface area contributed by atoms with Gasteiger partial charge in [0.2, 0.25) is 0 Å². The third-order valence-corrected chi connectivity index (χ3v) is 3.98. The number of amides is 1. The normalized spacial score (nSPS) is 15.7. The van der Waals surface area contributed by atoms with Gasteiger partial charge in [-0.25, -0.2) is 0 Å². The minimum atomic E-state index is -0.679. The minimum Gasteiger partial charge on any atom is -0.480 e.